The van der Waals surface area contributed by atoms with E-state index in [4.69, 9.17) is 4.74 Å². The Morgan fingerprint density at radius 1 is 1.53 bits per heavy atom. The third-order valence-corrected chi connectivity index (χ3v) is 3.53. The Morgan fingerprint density at radius 2 is 2.26 bits per heavy atom. The van der Waals surface area contributed by atoms with Crippen LogP contribution in [0.15, 0.2) is 11.8 Å². The number of hydrogen-bond acceptors (Lipinski definition) is 4. The Balaban J connectivity index is 2.57. The van der Waals surface area contributed by atoms with Crippen molar-refractivity contribution in [2.45, 2.75) is 47.0 Å². The minimum Gasteiger partial charge on any atom is -0.462 e. The number of ether oxygens (including phenoxy) is 1. The van der Waals surface area contributed by atoms with Crippen LogP contribution in [0.1, 0.15) is 50.4 Å². The number of carbonyl (C=O) groups excluding carboxylic acids is 1. The van der Waals surface area contributed by atoms with Crippen molar-refractivity contribution in [2.75, 3.05) is 6.61 Å². The van der Waals surface area contributed by atoms with Crippen LogP contribution >= 0.6 is 11.3 Å². The van der Waals surface area contributed by atoms with Gasteiger partial charge in [0.05, 0.1) is 11.6 Å². The molecule has 1 rings (SSSR count). The first-order chi connectivity index (χ1) is 9.02. The second-order valence-corrected chi connectivity index (χ2v) is 6.22. The lowest BCUT2D eigenvalue weighted by Gasteiger charge is -2.03. The van der Waals surface area contributed by atoms with Crippen LogP contribution in [0, 0.1) is 5.92 Å². The summed E-state index contributed by atoms with van der Waals surface area (Å²) in [6, 6.07) is 0. The second-order valence-electron chi connectivity index (χ2n) is 5.07. The molecule has 0 aromatic carbocycles. The summed E-state index contributed by atoms with van der Waals surface area (Å²) in [6.07, 6.45) is 6.61. The van der Waals surface area contributed by atoms with Gasteiger partial charge >= 0.3 is 5.97 Å². The number of rotatable bonds is 7. The molecule has 0 saturated heterocycles. The van der Waals surface area contributed by atoms with E-state index in [9.17, 15) is 4.79 Å². The molecule has 1 heterocycles. The van der Waals surface area contributed by atoms with Crippen molar-refractivity contribution < 1.29 is 9.53 Å². The molecule has 106 valence electrons. The fourth-order valence-electron chi connectivity index (χ4n) is 1.53. The molecule has 0 unspecified atom stereocenters. The number of aromatic nitrogens is 1. The molecule has 0 saturated carbocycles. The van der Waals surface area contributed by atoms with Gasteiger partial charge in [0, 0.05) is 23.1 Å². The topological polar surface area (TPSA) is 39.2 Å². The minimum atomic E-state index is -0.229. The summed E-state index contributed by atoms with van der Waals surface area (Å²) in [5, 5.41) is 1.12. The van der Waals surface area contributed by atoms with Gasteiger partial charge in [-0.25, -0.2) is 9.78 Å². The van der Waals surface area contributed by atoms with E-state index in [-0.39, 0.29) is 5.97 Å². The highest BCUT2D eigenvalue weighted by atomic mass is 32.1. The number of nitrogens with zero attached hydrogens (tertiary/aromatic N) is 1. The highest BCUT2D eigenvalue weighted by molar-refractivity contribution is 7.12. The zero-order chi connectivity index (χ0) is 14.3. The second kappa shape index (κ2) is 8.10. The largest absolute Gasteiger partial charge is 0.462 e. The fourth-order valence-corrected chi connectivity index (χ4v) is 2.67. The summed E-state index contributed by atoms with van der Waals surface area (Å²) in [5.74, 6) is 0.371. The molecule has 3 nitrogen and oxygen atoms in total. The third kappa shape index (κ3) is 6.01. The van der Waals surface area contributed by atoms with Crippen molar-refractivity contribution in [1.82, 2.24) is 4.98 Å². The lowest BCUT2D eigenvalue weighted by molar-refractivity contribution is -0.138. The first-order valence-electron chi connectivity index (χ1n) is 6.83. The lowest BCUT2D eigenvalue weighted by Crippen LogP contribution is -2.06. The summed E-state index contributed by atoms with van der Waals surface area (Å²) in [5.41, 5.74) is 0.635. The molecule has 0 aliphatic rings. The molecule has 0 N–H and O–H groups in total. The maximum absolute atomic E-state index is 11.7. The van der Waals surface area contributed by atoms with Crippen LogP contribution in [0.4, 0.5) is 0 Å². The first-order valence-corrected chi connectivity index (χ1v) is 7.64. The average Bonchev–Trinajstić information content (AvgIpc) is 2.75. The quantitative estimate of drug-likeness (QED) is 0.429. The molecule has 1 aromatic rings. The summed E-state index contributed by atoms with van der Waals surface area (Å²) in [4.78, 5) is 17.1. The highest BCUT2D eigenvalue weighted by Crippen LogP contribution is 2.19. The lowest BCUT2D eigenvalue weighted by atomic mass is 10.1. The number of hydrogen-bond donors (Lipinski definition) is 0. The van der Waals surface area contributed by atoms with Crippen molar-refractivity contribution in [3.8, 4) is 0 Å². The molecule has 0 radical (unpaired) electrons. The van der Waals surface area contributed by atoms with Crippen LogP contribution in [0.5, 0.6) is 0 Å². The SMILES string of the molecule is CCCCOC(=O)/C(C)=C/c1cnc(CC(C)C)s1. The fraction of sp³-hybridized carbons (Fsp3) is 0.600. The summed E-state index contributed by atoms with van der Waals surface area (Å²) < 4.78 is 5.16. The zero-order valence-corrected chi connectivity index (χ0v) is 13.0. The smallest absolute Gasteiger partial charge is 0.333 e. The molecular formula is C15H23NO2S. The van der Waals surface area contributed by atoms with E-state index < -0.39 is 0 Å². The van der Waals surface area contributed by atoms with Crippen LogP contribution in [-0.2, 0) is 16.0 Å². The van der Waals surface area contributed by atoms with E-state index in [0.717, 1.165) is 29.1 Å². The predicted molar refractivity (Wildman–Crippen MR) is 80.2 cm³/mol. The molecule has 0 aliphatic heterocycles. The van der Waals surface area contributed by atoms with Gasteiger partial charge in [-0.05, 0) is 25.3 Å². The number of carbonyl (C=O) groups is 1. The Hall–Kier alpha value is -1.16. The van der Waals surface area contributed by atoms with E-state index in [1.165, 1.54) is 0 Å². The first kappa shape index (κ1) is 15.9. The highest BCUT2D eigenvalue weighted by Gasteiger charge is 2.08. The monoisotopic (exact) mass is 281 g/mol. The van der Waals surface area contributed by atoms with E-state index >= 15 is 0 Å². The molecule has 0 bridgehead atoms. The van der Waals surface area contributed by atoms with Crippen LogP contribution < -0.4 is 0 Å². The van der Waals surface area contributed by atoms with Gasteiger partial charge in [0.1, 0.15) is 0 Å². The van der Waals surface area contributed by atoms with Crippen LogP contribution in [-0.4, -0.2) is 17.6 Å². The summed E-state index contributed by atoms with van der Waals surface area (Å²) in [6.45, 7) is 8.71. The van der Waals surface area contributed by atoms with Crippen molar-refractivity contribution in [3.63, 3.8) is 0 Å². The Labute approximate surface area is 119 Å². The molecule has 0 spiro atoms. The maximum Gasteiger partial charge on any atom is 0.333 e. The Kier molecular flexibility index (Phi) is 6.78. The van der Waals surface area contributed by atoms with Crippen LogP contribution in [0.2, 0.25) is 0 Å². The predicted octanol–water partition coefficient (Wildman–Crippen LogP) is 4.09. The van der Waals surface area contributed by atoms with Crippen LogP contribution in [0.3, 0.4) is 0 Å². The van der Waals surface area contributed by atoms with Gasteiger partial charge in [-0.2, -0.15) is 0 Å². The van der Waals surface area contributed by atoms with E-state index in [0.29, 0.717) is 18.1 Å². The Morgan fingerprint density at radius 3 is 2.89 bits per heavy atom. The van der Waals surface area contributed by atoms with Crippen molar-refractivity contribution >= 4 is 23.4 Å². The van der Waals surface area contributed by atoms with Crippen molar-refractivity contribution in [1.29, 1.82) is 0 Å². The van der Waals surface area contributed by atoms with Gasteiger partial charge in [-0.1, -0.05) is 27.2 Å². The van der Waals surface area contributed by atoms with Gasteiger partial charge in [0.15, 0.2) is 0 Å². The van der Waals surface area contributed by atoms with Crippen molar-refractivity contribution in [2.24, 2.45) is 5.92 Å². The maximum atomic E-state index is 11.7. The number of esters is 1. The van der Waals surface area contributed by atoms with E-state index in [2.05, 4.69) is 25.8 Å². The molecule has 0 atom stereocenters. The van der Waals surface area contributed by atoms with Gasteiger partial charge in [-0.3, -0.25) is 0 Å². The summed E-state index contributed by atoms with van der Waals surface area (Å²) in [7, 11) is 0. The number of unbranched alkanes of at least 4 members (excludes halogenated alkanes) is 1. The molecule has 0 amide bonds. The van der Waals surface area contributed by atoms with E-state index in [1.807, 2.05) is 12.3 Å². The molecule has 0 aliphatic carbocycles. The standard InChI is InChI=1S/C15H23NO2S/c1-5-6-7-18-15(17)12(4)9-13-10-16-14(19-13)8-11(2)3/h9-11H,5-8H2,1-4H3/b12-9+. The molecule has 1 aromatic heterocycles. The third-order valence-electron chi connectivity index (χ3n) is 2.57. The normalized spacial score (nSPS) is 11.9. The van der Waals surface area contributed by atoms with Crippen molar-refractivity contribution in [3.05, 3.63) is 21.7 Å². The van der Waals surface area contributed by atoms with Gasteiger partial charge in [0.25, 0.3) is 0 Å². The molecule has 0 fully saturated rings. The Bertz CT molecular complexity index is 435. The van der Waals surface area contributed by atoms with Crippen LogP contribution in [0.25, 0.3) is 6.08 Å². The van der Waals surface area contributed by atoms with Gasteiger partial charge < -0.3 is 4.74 Å². The zero-order valence-electron chi connectivity index (χ0n) is 12.2. The molecular weight excluding hydrogens is 258 g/mol. The average molecular weight is 281 g/mol. The van der Waals surface area contributed by atoms with Gasteiger partial charge in [0.2, 0.25) is 0 Å². The molecule has 19 heavy (non-hydrogen) atoms. The summed E-state index contributed by atoms with van der Waals surface area (Å²) >= 11 is 1.64. The minimum absolute atomic E-state index is 0.229. The molecule has 4 heteroatoms. The van der Waals surface area contributed by atoms with E-state index in [1.54, 1.807) is 18.3 Å². The van der Waals surface area contributed by atoms with Gasteiger partial charge in [-0.15, -0.1) is 11.3 Å². The number of thiazole rings is 1.